The van der Waals surface area contributed by atoms with E-state index < -0.39 is 18.2 Å². The third-order valence-electron chi connectivity index (χ3n) is 5.47. The van der Waals surface area contributed by atoms with Crippen molar-refractivity contribution >= 4 is 5.97 Å². The molecule has 0 aliphatic heterocycles. The minimum absolute atomic E-state index is 0.0334. The van der Waals surface area contributed by atoms with Crippen molar-refractivity contribution in [3.05, 3.63) is 47.1 Å². The van der Waals surface area contributed by atoms with E-state index in [1.165, 1.54) is 30.9 Å². The van der Waals surface area contributed by atoms with Crippen LogP contribution in [0.15, 0.2) is 41.5 Å². The highest BCUT2D eigenvalue weighted by atomic mass is 16.5. The van der Waals surface area contributed by atoms with E-state index in [-0.39, 0.29) is 16.9 Å². The number of esters is 1. The van der Waals surface area contributed by atoms with Crippen molar-refractivity contribution in [3.8, 4) is 11.5 Å². The Balaban J connectivity index is 2.28. The summed E-state index contributed by atoms with van der Waals surface area (Å²) in [6.07, 6.45) is 6.29. The number of phenolic OH excluding ortho intramolecular Hbond substituents is 1. The van der Waals surface area contributed by atoms with Crippen LogP contribution >= 0.6 is 0 Å². The van der Waals surface area contributed by atoms with Crippen molar-refractivity contribution in [2.75, 3.05) is 7.11 Å². The number of aliphatic hydroxyl groups is 1. The van der Waals surface area contributed by atoms with Crippen molar-refractivity contribution in [3.63, 3.8) is 0 Å². The number of phenols is 1. The Morgan fingerprint density at radius 1 is 1.25 bits per heavy atom. The summed E-state index contributed by atoms with van der Waals surface area (Å²) in [5.41, 5.74) is 2.14. The standard InChI is InChI=1S/C23H32O5/c1-15-7-6-12-23(3,4)21(25)13-16(2)19(11-8-15)28-22(26)17-9-10-18(24)20(14-17)27-5/h8-10,13-14,19,21,24-25H,6-7,11-12H2,1-5H3. The summed E-state index contributed by atoms with van der Waals surface area (Å²) >= 11 is 0. The Morgan fingerprint density at radius 2 is 1.96 bits per heavy atom. The molecule has 0 heterocycles. The summed E-state index contributed by atoms with van der Waals surface area (Å²) in [5, 5.41) is 20.4. The average Bonchev–Trinajstić information content (AvgIpc) is 2.65. The molecular weight excluding hydrogens is 356 g/mol. The maximum atomic E-state index is 12.7. The summed E-state index contributed by atoms with van der Waals surface area (Å²) in [7, 11) is 1.43. The lowest BCUT2D eigenvalue weighted by atomic mass is 9.80. The van der Waals surface area contributed by atoms with Crippen LogP contribution in [0.4, 0.5) is 0 Å². The highest BCUT2D eigenvalue weighted by Crippen LogP contribution is 2.32. The summed E-state index contributed by atoms with van der Waals surface area (Å²) in [6, 6.07) is 4.37. The van der Waals surface area contributed by atoms with E-state index >= 15 is 0 Å². The van der Waals surface area contributed by atoms with Gasteiger partial charge in [0.1, 0.15) is 6.10 Å². The van der Waals surface area contributed by atoms with Gasteiger partial charge in [-0.05, 0) is 62.3 Å². The molecule has 1 aliphatic rings. The Labute approximate surface area is 167 Å². The van der Waals surface area contributed by atoms with Crippen LogP contribution in [-0.2, 0) is 4.74 Å². The highest BCUT2D eigenvalue weighted by Gasteiger charge is 2.28. The number of allylic oxidation sites excluding steroid dienone is 1. The zero-order valence-electron chi connectivity index (χ0n) is 17.5. The maximum Gasteiger partial charge on any atom is 0.338 e. The van der Waals surface area contributed by atoms with Gasteiger partial charge < -0.3 is 19.7 Å². The highest BCUT2D eigenvalue weighted by molar-refractivity contribution is 5.90. The van der Waals surface area contributed by atoms with Crippen molar-refractivity contribution in [1.29, 1.82) is 0 Å². The number of hydrogen-bond acceptors (Lipinski definition) is 5. The smallest absolute Gasteiger partial charge is 0.338 e. The van der Waals surface area contributed by atoms with E-state index in [2.05, 4.69) is 26.8 Å². The number of rotatable bonds is 3. The number of benzene rings is 1. The molecule has 5 heteroatoms. The van der Waals surface area contributed by atoms with Gasteiger partial charge in [0.05, 0.1) is 18.8 Å². The van der Waals surface area contributed by atoms with Crippen molar-refractivity contribution in [2.45, 2.75) is 65.6 Å². The molecule has 0 aromatic heterocycles. The first-order valence-corrected chi connectivity index (χ1v) is 9.74. The molecule has 0 amide bonds. The van der Waals surface area contributed by atoms with E-state index in [0.29, 0.717) is 12.0 Å². The van der Waals surface area contributed by atoms with E-state index in [9.17, 15) is 15.0 Å². The van der Waals surface area contributed by atoms with Crippen LogP contribution in [0.3, 0.4) is 0 Å². The first kappa shape index (κ1) is 22.0. The number of aromatic hydroxyl groups is 1. The molecule has 0 radical (unpaired) electrons. The normalized spacial score (nSPS) is 23.1. The van der Waals surface area contributed by atoms with Gasteiger partial charge in [0.2, 0.25) is 0 Å². The van der Waals surface area contributed by atoms with Gasteiger partial charge in [-0.15, -0.1) is 0 Å². The molecule has 28 heavy (non-hydrogen) atoms. The van der Waals surface area contributed by atoms with E-state index in [1.54, 1.807) is 0 Å². The van der Waals surface area contributed by atoms with Gasteiger partial charge >= 0.3 is 5.97 Å². The number of aliphatic hydroxyl groups excluding tert-OH is 1. The van der Waals surface area contributed by atoms with Crippen LogP contribution in [0.1, 0.15) is 63.7 Å². The Kier molecular flexibility index (Phi) is 7.30. The quantitative estimate of drug-likeness (QED) is 0.576. The van der Waals surface area contributed by atoms with Crippen molar-refractivity contribution in [2.24, 2.45) is 5.41 Å². The van der Waals surface area contributed by atoms with Gasteiger partial charge in [0.15, 0.2) is 11.5 Å². The fourth-order valence-corrected chi connectivity index (χ4v) is 3.29. The fraction of sp³-hybridized carbons (Fsp3) is 0.522. The summed E-state index contributed by atoms with van der Waals surface area (Å²) in [4.78, 5) is 12.7. The number of carbonyl (C=O) groups is 1. The Morgan fingerprint density at radius 3 is 2.64 bits per heavy atom. The molecule has 154 valence electrons. The third kappa shape index (κ3) is 5.61. The summed E-state index contributed by atoms with van der Waals surface area (Å²) in [6.45, 7) is 8.09. The lowest BCUT2D eigenvalue weighted by molar-refractivity contribution is 0.0367. The third-order valence-corrected chi connectivity index (χ3v) is 5.47. The lowest BCUT2D eigenvalue weighted by Gasteiger charge is -2.29. The predicted octanol–water partition coefficient (Wildman–Crippen LogP) is 4.78. The fourth-order valence-electron chi connectivity index (χ4n) is 3.29. The van der Waals surface area contributed by atoms with Gasteiger partial charge in [-0.2, -0.15) is 0 Å². The summed E-state index contributed by atoms with van der Waals surface area (Å²) < 4.78 is 10.8. The molecule has 0 saturated heterocycles. The van der Waals surface area contributed by atoms with Gasteiger partial charge in [0.25, 0.3) is 0 Å². The topological polar surface area (TPSA) is 76.0 Å². The molecule has 2 N–H and O–H groups in total. The molecule has 2 rings (SSSR count). The second-order valence-electron chi connectivity index (χ2n) is 8.26. The number of hydrogen-bond donors (Lipinski definition) is 2. The molecule has 1 aromatic carbocycles. The van der Waals surface area contributed by atoms with E-state index in [4.69, 9.17) is 9.47 Å². The van der Waals surface area contributed by atoms with E-state index in [0.717, 1.165) is 24.8 Å². The first-order chi connectivity index (χ1) is 13.1. The average molecular weight is 389 g/mol. The van der Waals surface area contributed by atoms with Crippen LogP contribution in [0.2, 0.25) is 0 Å². The molecule has 1 aromatic rings. The zero-order valence-corrected chi connectivity index (χ0v) is 17.5. The van der Waals surface area contributed by atoms with Crippen LogP contribution in [0.5, 0.6) is 11.5 Å². The monoisotopic (exact) mass is 388 g/mol. The number of carbonyl (C=O) groups excluding carboxylic acids is 1. The maximum absolute atomic E-state index is 12.7. The molecule has 0 spiro atoms. The van der Waals surface area contributed by atoms with Gasteiger partial charge in [-0.25, -0.2) is 4.79 Å². The molecule has 1 aliphatic carbocycles. The first-order valence-electron chi connectivity index (χ1n) is 9.74. The predicted molar refractivity (Wildman–Crippen MR) is 110 cm³/mol. The second kappa shape index (κ2) is 9.28. The lowest BCUT2D eigenvalue weighted by Crippen LogP contribution is -2.29. The molecule has 2 unspecified atom stereocenters. The van der Waals surface area contributed by atoms with Gasteiger partial charge in [-0.1, -0.05) is 31.6 Å². The SMILES string of the molecule is COc1cc(C(=O)OC2CC=C(C)CCCC(C)(C)C(O)C=C2C)ccc1O. The minimum Gasteiger partial charge on any atom is -0.504 e. The number of methoxy groups -OCH3 is 1. The molecule has 0 bridgehead atoms. The Bertz CT molecular complexity index is 760. The van der Waals surface area contributed by atoms with Gasteiger partial charge in [0, 0.05) is 6.42 Å². The van der Waals surface area contributed by atoms with Crippen LogP contribution in [0, 0.1) is 5.41 Å². The zero-order chi connectivity index (χ0) is 20.9. The largest absolute Gasteiger partial charge is 0.504 e. The van der Waals surface area contributed by atoms with Crippen LogP contribution in [0.25, 0.3) is 0 Å². The molecular formula is C23H32O5. The van der Waals surface area contributed by atoms with Crippen LogP contribution < -0.4 is 4.74 Å². The van der Waals surface area contributed by atoms with E-state index in [1.807, 2.05) is 13.0 Å². The van der Waals surface area contributed by atoms with Crippen LogP contribution in [-0.4, -0.2) is 35.5 Å². The minimum atomic E-state index is -0.610. The van der Waals surface area contributed by atoms with Crippen molar-refractivity contribution < 1.29 is 24.5 Å². The van der Waals surface area contributed by atoms with Gasteiger partial charge in [-0.3, -0.25) is 0 Å². The van der Waals surface area contributed by atoms with Crippen molar-refractivity contribution in [1.82, 2.24) is 0 Å². The second-order valence-corrected chi connectivity index (χ2v) is 8.26. The number of ether oxygens (including phenoxy) is 2. The molecule has 0 saturated carbocycles. The summed E-state index contributed by atoms with van der Waals surface area (Å²) in [5.74, 6) is -0.309. The molecule has 2 atom stereocenters. The molecule has 5 nitrogen and oxygen atoms in total. The Hall–Kier alpha value is -2.27. The molecule has 0 fully saturated rings.